The minimum Gasteiger partial charge on any atom is -0.382 e. The summed E-state index contributed by atoms with van der Waals surface area (Å²) < 4.78 is 1.76. The molecule has 1 aromatic rings. The van der Waals surface area contributed by atoms with Crippen LogP contribution in [-0.2, 0) is 0 Å². The van der Waals surface area contributed by atoms with Gasteiger partial charge in [-0.15, -0.1) is 0 Å². The number of hydrogen-bond donors (Lipinski definition) is 1. The normalized spacial score (nSPS) is 11.5. The van der Waals surface area contributed by atoms with Gasteiger partial charge in [0, 0.05) is 18.0 Å². The number of anilines is 1. The summed E-state index contributed by atoms with van der Waals surface area (Å²) in [6.07, 6.45) is 5.91. The van der Waals surface area contributed by atoms with Gasteiger partial charge in [-0.2, -0.15) is 5.10 Å². The van der Waals surface area contributed by atoms with Gasteiger partial charge in [0.25, 0.3) is 0 Å². The Morgan fingerprint density at radius 3 is 2.54 bits per heavy atom. The molecule has 0 spiro atoms. The van der Waals surface area contributed by atoms with E-state index in [0.717, 1.165) is 5.70 Å². The van der Waals surface area contributed by atoms with Crippen molar-refractivity contribution in [3.8, 4) is 0 Å². The average molecular weight is 177 g/mol. The Hall–Kier alpha value is -1.51. The lowest BCUT2D eigenvalue weighted by Gasteiger charge is -1.98. The zero-order chi connectivity index (χ0) is 9.84. The number of aromatic nitrogens is 2. The first kappa shape index (κ1) is 9.58. The van der Waals surface area contributed by atoms with Gasteiger partial charge in [0.2, 0.25) is 0 Å². The molecule has 13 heavy (non-hydrogen) atoms. The molecule has 3 nitrogen and oxygen atoms in total. The van der Waals surface area contributed by atoms with Gasteiger partial charge >= 0.3 is 0 Å². The Bertz CT molecular complexity index is 341. The maximum atomic E-state index is 5.50. The van der Waals surface area contributed by atoms with Gasteiger partial charge in [-0.3, -0.25) is 0 Å². The van der Waals surface area contributed by atoms with Crippen LogP contribution in [0.1, 0.15) is 20.8 Å². The fraction of sp³-hybridized carbons (Fsp3) is 0.300. The lowest BCUT2D eigenvalue weighted by molar-refractivity contribution is 0.901. The van der Waals surface area contributed by atoms with E-state index in [0.29, 0.717) is 5.82 Å². The summed E-state index contributed by atoms with van der Waals surface area (Å²) in [6, 6.07) is 1.78. The van der Waals surface area contributed by atoms with Crippen LogP contribution in [0.25, 0.3) is 5.70 Å². The number of rotatable bonds is 2. The van der Waals surface area contributed by atoms with E-state index >= 15 is 0 Å². The third-order valence-electron chi connectivity index (χ3n) is 1.63. The summed E-state index contributed by atoms with van der Waals surface area (Å²) >= 11 is 0. The molecule has 1 aromatic heterocycles. The second kappa shape index (κ2) is 3.94. The Labute approximate surface area is 78.6 Å². The summed E-state index contributed by atoms with van der Waals surface area (Å²) in [4.78, 5) is 0. The summed E-state index contributed by atoms with van der Waals surface area (Å²) in [7, 11) is 0. The number of allylic oxidation sites excluding steroid dienone is 4. The molecule has 0 aliphatic heterocycles. The van der Waals surface area contributed by atoms with Crippen molar-refractivity contribution in [1.82, 2.24) is 9.78 Å². The van der Waals surface area contributed by atoms with E-state index in [1.807, 2.05) is 25.3 Å². The smallest absolute Gasteiger partial charge is 0.145 e. The average Bonchev–Trinajstić information content (AvgIpc) is 2.47. The van der Waals surface area contributed by atoms with Crippen molar-refractivity contribution in [3.05, 3.63) is 30.0 Å². The van der Waals surface area contributed by atoms with Crippen LogP contribution in [0.15, 0.2) is 30.0 Å². The topological polar surface area (TPSA) is 43.8 Å². The Morgan fingerprint density at radius 1 is 1.38 bits per heavy atom. The highest BCUT2D eigenvalue weighted by molar-refractivity contribution is 5.46. The van der Waals surface area contributed by atoms with Gasteiger partial charge in [0.1, 0.15) is 5.82 Å². The van der Waals surface area contributed by atoms with Crippen LogP contribution in [0.3, 0.4) is 0 Å². The van der Waals surface area contributed by atoms with Crippen molar-refractivity contribution in [2.45, 2.75) is 20.8 Å². The monoisotopic (exact) mass is 177 g/mol. The molecular weight excluding hydrogens is 162 g/mol. The molecule has 3 heteroatoms. The SMILES string of the molecule is CC(C)=C/C=C(\C)n1ccc(N)n1. The minimum absolute atomic E-state index is 0.546. The van der Waals surface area contributed by atoms with Crippen molar-refractivity contribution in [2.75, 3.05) is 5.73 Å². The van der Waals surface area contributed by atoms with E-state index in [-0.39, 0.29) is 0 Å². The van der Waals surface area contributed by atoms with Gasteiger partial charge in [0.05, 0.1) is 0 Å². The quantitative estimate of drug-likeness (QED) is 0.704. The molecule has 0 bridgehead atoms. The molecule has 2 N–H and O–H groups in total. The maximum Gasteiger partial charge on any atom is 0.145 e. The second-order valence-electron chi connectivity index (χ2n) is 3.24. The summed E-state index contributed by atoms with van der Waals surface area (Å²) in [6.45, 7) is 6.11. The first-order valence-corrected chi connectivity index (χ1v) is 4.23. The van der Waals surface area contributed by atoms with Crippen molar-refractivity contribution in [2.24, 2.45) is 0 Å². The lowest BCUT2D eigenvalue weighted by Crippen LogP contribution is -1.95. The van der Waals surface area contributed by atoms with Crippen LogP contribution in [-0.4, -0.2) is 9.78 Å². The first-order valence-electron chi connectivity index (χ1n) is 4.23. The van der Waals surface area contributed by atoms with E-state index in [9.17, 15) is 0 Å². The molecule has 0 atom stereocenters. The second-order valence-corrected chi connectivity index (χ2v) is 3.24. The van der Waals surface area contributed by atoms with Gasteiger partial charge in [-0.1, -0.05) is 11.6 Å². The Kier molecular flexibility index (Phi) is 2.90. The van der Waals surface area contributed by atoms with Crippen LogP contribution in [0.2, 0.25) is 0 Å². The minimum atomic E-state index is 0.546. The molecule has 0 aliphatic rings. The molecular formula is C10H15N3. The molecule has 0 saturated heterocycles. The summed E-state index contributed by atoms with van der Waals surface area (Å²) in [5.41, 5.74) is 7.81. The first-order chi connectivity index (χ1) is 6.09. The fourth-order valence-corrected chi connectivity index (χ4v) is 0.898. The van der Waals surface area contributed by atoms with Crippen LogP contribution < -0.4 is 5.73 Å². The summed E-state index contributed by atoms with van der Waals surface area (Å²) in [5.74, 6) is 0.546. The molecule has 0 radical (unpaired) electrons. The van der Waals surface area contributed by atoms with E-state index in [1.54, 1.807) is 10.7 Å². The van der Waals surface area contributed by atoms with Crippen LogP contribution in [0, 0.1) is 0 Å². The van der Waals surface area contributed by atoms with Crippen molar-refractivity contribution < 1.29 is 0 Å². The van der Waals surface area contributed by atoms with Crippen LogP contribution >= 0.6 is 0 Å². The van der Waals surface area contributed by atoms with Gasteiger partial charge in [-0.25, -0.2) is 4.68 Å². The molecule has 1 heterocycles. The predicted molar refractivity (Wildman–Crippen MR) is 56.0 cm³/mol. The Morgan fingerprint density at radius 2 is 2.08 bits per heavy atom. The highest BCUT2D eigenvalue weighted by atomic mass is 15.3. The van der Waals surface area contributed by atoms with E-state index in [4.69, 9.17) is 5.73 Å². The van der Waals surface area contributed by atoms with Crippen molar-refractivity contribution in [3.63, 3.8) is 0 Å². The maximum absolute atomic E-state index is 5.50. The molecule has 0 fully saturated rings. The Balaban J connectivity index is 2.85. The highest BCUT2D eigenvalue weighted by Crippen LogP contribution is 2.05. The van der Waals surface area contributed by atoms with Crippen molar-refractivity contribution in [1.29, 1.82) is 0 Å². The summed E-state index contributed by atoms with van der Waals surface area (Å²) in [5, 5.41) is 4.09. The standard InChI is InChI=1S/C10H15N3/c1-8(2)4-5-9(3)13-7-6-10(11)12-13/h4-7H,1-3H3,(H2,11,12)/b9-5+. The van der Waals surface area contributed by atoms with Gasteiger partial charge < -0.3 is 5.73 Å². The van der Waals surface area contributed by atoms with E-state index < -0.39 is 0 Å². The molecule has 1 rings (SSSR count). The van der Waals surface area contributed by atoms with Crippen LogP contribution in [0.5, 0.6) is 0 Å². The third kappa shape index (κ3) is 2.78. The number of nitrogens with two attached hydrogens (primary N) is 1. The molecule has 0 saturated carbocycles. The van der Waals surface area contributed by atoms with E-state index in [1.165, 1.54) is 5.57 Å². The number of nitrogens with zero attached hydrogens (tertiary/aromatic N) is 2. The van der Waals surface area contributed by atoms with Crippen molar-refractivity contribution >= 4 is 11.5 Å². The zero-order valence-corrected chi connectivity index (χ0v) is 8.28. The number of nitrogen functional groups attached to an aromatic ring is 1. The van der Waals surface area contributed by atoms with Gasteiger partial charge in [-0.05, 0) is 26.8 Å². The molecule has 0 aromatic carbocycles. The van der Waals surface area contributed by atoms with Gasteiger partial charge in [0.15, 0.2) is 0 Å². The predicted octanol–water partition coefficient (Wildman–Crippen LogP) is 2.29. The number of hydrogen-bond acceptors (Lipinski definition) is 2. The van der Waals surface area contributed by atoms with Crippen LogP contribution in [0.4, 0.5) is 5.82 Å². The largest absolute Gasteiger partial charge is 0.382 e. The molecule has 0 aliphatic carbocycles. The lowest BCUT2D eigenvalue weighted by atomic mass is 10.3. The third-order valence-corrected chi connectivity index (χ3v) is 1.63. The molecule has 70 valence electrons. The highest BCUT2D eigenvalue weighted by Gasteiger charge is 1.94. The van der Waals surface area contributed by atoms with E-state index in [2.05, 4.69) is 18.9 Å². The fourth-order valence-electron chi connectivity index (χ4n) is 0.898. The molecule has 0 unspecified atom stereocenters. The molecule has 0 amide bonds. The zero-order valence-electron chi connectivity index (χ0n) is 8.28.